The summed E-state index contributed by atoms with van der Waals surface area (Å²) < 4.78 is 31.7. The highest BCUT2D eigenvalue weighted by molar-refractivity contribution is 5.84. The predicted molar refractivity (Wildman–Crippen MR) is 73.3 cm³/mol. The molecule has 0 atom stereocenters. The molecule has 1 aliphatic rings. The van der Waals surface area contributed by atoms with Crippen LogP contribution in [0.5, 0.6) is 5.75 Å². The Morgan fingerprint density at radius 3 is 2.67 bits per heavy atom. The molecule has 21 heavy (non-hydrogen) atoms. The third-order valence-electron chi connectivity index (χ3n) is 4.21. The van der Waals surface area contributed by atoms with Crippen LogP contribution < -0.4 is 4.74 Å². The number of aryl methyl sites for hydroxylation is 1. The van der Waals surface area contributed by atoms with Crippen molar-refractivity contribution >= 4 is 11.0 Å². The van der Waals surface area contributed by atoms with Crippen molar-refractivity contribution in [1.29, 1.82) is 5.26 Å². The van der Waals surface area contributed by atoms with Gasteiger partial charge in [0.05, 0.1) is 17.1 Å². The van der Waals surface area contributed by atoms with E-state index in [0.29, 0.717) is 16.6 Å². The third kappa shape index (κ3) is 2.13. The molecule has 110 valence electrons. The zero-order chi connectivity index (χ0) is 15.2. The van der Waals surface area contributed by atoms with Gasteiger partial charge in [0, 0.05) is 11.6 Å². The van der Waals surface area contributed by atoms with Gasteiger partial charge in [-0.05, 0) is 39.2 Å². The molecule has 0 unspecified atom stereocenters. The van der Waals surface area contributed by atoms with E-state index in [2.05, 4.69) is 16.6 Å². The molecule has 0 bridgehead atoms. The highest BCUT2D eigenvalue weighted by Crippen LogP contribution is 2.43. The van der Waals surface area contributed by atoms with Gasteiger partial charge in [0.2, 0.25) is 0 Å². The number of nitrogens with zero attached hydrogens (tertiary/aromatic N) is 3. The summed E-state index contributed by atoms with van der Waals surface area (Å²) in [6, 6.07) is 5.00. The van der Waals surface area contributed by atoms with E-state index in [9.17, 15) is 8.78 Å². The van der Waals surface area contributed by atoms with Crippen molar-refractivity contribution in [2.75, 3.05) is 0 Å². The Labute approximate surface area is 121 Å². The maximum absolute atomic E-state index is 12.6. The molecule has 1 aliphatic carbocycles. The first-order valence-electron chi connectivity index (χ1n) is 6.83. The number of aromatic nitrogens is 2. The van der Waals surface area contributed by atoms with Crippen LogP contribution in [0.4, 0.5) is 8.78 Å². The summed E-state index contributed by atoms with van der Waals surface area (Å²) >= 11 is 0. The lowest BCUT2D eigenvalue weighted by molar-refractivity contribution is -0.0489. The minimum absolute atomic E-state index is 0.0381. The Morgan fingerprint density at radius 2 is 2.14 bits per heavy atom. The molecule has 1 saturated carbocycles. The van der Waals surface area contributed by atoms with Crippen LogP contribution in [0.2, 0.25) is 0 Å². The van der Waals surface area contributed by atoms with Gasteiger partial charge in [0.1, 0.15) is 11.3 Å². The van der Waals surface area contributed by atoms with Crippen molar-refractivity contribution < 1.29 is 13.5 Å². The highest BCUT2D eigenvalue weighted by atomic mass is 19.3. The van der Waals surface area contributed by atoms with E-state index < -0.39 is 6.61 Å². The maximum Gasteiger partial charge on any atom is 0.387 e. The average molecular weight is 291 g/mol. The predicted octanol–water partition coefficient (Wildman–Crippen LogP) is 3.72. The van der Waals surface area contributed by atoms with Gasteiger partial charge < -0.3 is 9.30 Å². The number of alkyl halides is 2. The smallest absolute Gasteiger partial charge is 0.387 e. The zero-order valence-electron chi connectivity index (χ0n) is 11.9. The van der Waals surface area contributed by atoms with Crippen LogP contribution in [-0.2, 0) is 5.54 Å². The van der Waals surface area contributed by atoms with Crippen molar-refractivity contribution in [3.05, 3.63) is 23.5 Å². The van der Waals surface area contributed by atoms with E-state index in [-0.39, 0.29) is 11.3 Å². The number of hydrogen-bond donors (Lipinski definition) is 0. The molecule has 2 aromatic rings. The van der Waals surface area contributed by atoms with E-state index in [0.717, 1.165) is 25.1 Å². The van der Waals surface area contributed by atoms with Gasteiger partial charge in [-0.15, -0.1) is 0 Å². The molecule has 0 spiro atoms. The van der Waals surface area contributed by atoms with Crippen LogP contribution >= 0.6 is 0 Å². The Hall–Kier alpha value is -2.16. The number of benzene rings is 1. The number of hydrogen-bond acceptors (Lipinski definition) is 3. The summed E-state index contributed by atoms with van der Waals surface area (Å²) in [5, 5.41) is 9.10. The molecule has 1 aromatic heterocycles. The fourth-order valence-corrected chi connectivity index (χ4v) is 3.11. The van der Waals surface area contributed by atoms with Crippen LogP contribution in [0.15, 0.2) is 12.1 Å². The van der Waals surface area contributed by atoms with Crippen LogP contribution in [0.1, 0.15) is 37.6 Å². The first kappa shape index (κ1) is 13.8. The lowest BCUT2D eigenvalue weighted by Crippen LogP contribution is -2.37. The fourth-order valence-electron chi connectivity index (χ4n) is 3.11. The molecule has 1 heterocycles. The third-order valence-corrected chi connectivity index (χ3v) is 4.21. The molecule has 3 rings (SSSR count). The lowest BCUT2D eigenvalue weighted by Gasteiger charge is -2.41. The van der Waals surface area contributed by atoms with Crippen molar-refractivity contribution in [3.63, 3.8) is 0 Å². The summed E-state index contributed by atoms with van der Waals surface area (Å²) in [5.74, 6) is 0.713. The monoisotopic (exact) mass is 291 g/mol. The number of ether oxygens (including phenoxy) is 1. The fraction of sp³-hybridized carbons (Fsp3) is 0.467. The zero-order valence-corrected chi connectivity index (χ0v) is 11.9. The van der Waals surface area contributed by atoms with Crippen LogP contribution in [0.25, 0.3) is 11.0 Å². The molecule has 1 aromatic carbocycles. The van der Waals surface area contributed by atoms with E-state index in [1.165, 1.54) is 6.07 Å². The Balaban J connectivity index is 2.26. The minimum atomic E-state index is -2.94. The van der Waals surface area contributed by atoms with Gasteiger partial charge in [-0.2, -0.15) is 14.0 Å². The molecule has 6 heteroatoms. The van der Waals surface area contributed by atoms with Crippen LogP contribution in [0, 0.1) is 18.3 Å². The van der Waals surface area contributed by atoms with Crippen LogP contribution in [-0.4, -0.2) is 16.2 Å². The van der Waals surface area contributed by atoms with Gasteiger partial charge in [-0.3, -0.25) is 0 Å². The first-order chi connectivity index (χ1) is 9.94. The number of nitriles is 1. The van der Waals surface area contributed by atoms with E-state index in [1.54, 1.807) is 6.07 Å². The second-order valence-electron chi connectivity index (χ2n) is 5.68. The molecule has 0 saturated heterocycles. The van der Waals surface area contributed by atoms with Crippen LogP contribution in [0.3, 0.4) is 0 Å². The highest BCUT2D eigenvalue weighted by Gasteiger charge is 2.36. The van der Waals surface area contributed by atoms with Gasteiger partial charge in [0.15, 0.2) is 5.75 Å². The van der Waals surface area contributed by atoms with Gasteiger partial charge in [-0.1, -0.05) is 0 Å². The molecule has 0 N–H and O–H groups in total. The van der Waals surface area contributed by atoms with E-state index in [1.807, 2.05) is 17.6 Å². The molecule has 1 fully saturated rings. The van der Waals surface area contributed by atoms with Crippen molar-refractivity contribution in [3.8, 4) is 11.8 Å². The summed E-state index contributed by atoms with van der Waals surface area (Å²) in [7, 11) is 0. The second kappa shape index (κ2) is 4.69. The number of imidazole rings is 1. The van der Waals surface area contributed by atoms with E-state index in [4.69, 9.17) is 5.26 Å². The van der Waals surface area contributed by atoms with Gasteiger partial charge in [0.25, 0.3) is 0 Å². The summed E-state index contributed by atoms with van der Waals surface area (Å²) in [4.78, 5) is 4.38. The Bertz CT molecular complexity index is 741. The number of halogens is 2. The second-order valence-corrected chi connectivity index (χ2v) is 5.68. The summed E-state index contributed by atoms with van der Waals surface area (Å²) in [6.45, 7) is 1.03. The summed E-state index contributed by atoms with van der Waals surface area (Å²) in [6.07, 6.45) is 3.16. The SMILES string of the molecule is Cc1nc2c(OC(F)F)cc(C#N)cc2n1C1(C)CCC1. The topological polar surface area (TPSA) is 50.8 Å². The molecule has 0 amide bonds. The quantitative estimate of drug-likeness (QED) is 0.866. The molecule has 4 nitrogen and oxygen atoms in total. The van der Waals surface area contributed by atoms with E-state index >= 15 is 0 Å². The van der Waals surface area contributed by atoms with Crippen molar-refractivity contribution in [2.24, 2.45) is 0 Å². The molecular formula is C15H15F2N3O. The number of fused-ring (bicyclic) bond motifs is 1. The maximum atomic E-state index is 12.6. The lowest BCUT2D eigenvalue weighted by atomic mass is 9.78. The Kier molecular flexibility index (Phi) is 3.08. The molecule has 0 aliphatic heterocycles. The van der Waals surface area contributed by atoms with Crippen molar-refractivity contribution in [2.45, 2.75) is 45.3 Å². The normalized spacial score (nSPS) is 16.8. The van der Waals surface area contributed by atoms with Gasteiger partial charge >= 0.3 is 6.61 Å². The average Bonchev–Trinajstić information content (AvgIpc) is 2.72. The first-order valence-corrected chi connectivity index (χ1v) is 6.83. The van der Waals surface area contributed by atoms with Gasteiger partial charge in [-0.25, -0.2) is 4.98 Å². The molecular weight excluding hydrogens is 276 g/mol. The van der Waals surface area contributed by atoms with Crippen molar-refractivity contribution in [1.82, 2.24) is 9.55 Å². The number of rotatable bonds is 3. The minimum Gasteiger partial charge on any atom is -0.432 e. The molecule has 0 radical (unpaired) electrons. The largest absolute Gasteiger partial charge is 0.432 e. The summed E-state index contributed by atoms with van der Waals surface area (Å²) in [5.41, 5.74) is 1.31. The Morgan fingerprint density at radius 1 is 1.43 bits per heavy atom. The standard InChI is InChI=1S/C15H15F2N3O/c1-9-19-13-11(20(9)15(2)4-3-5-15)6-10(8-18)7-12(13)21-14(16)17/h6-7,14H,3-5H2,1-2H3.